The predicted octanol–water partition coefficient (Wildman–Crippen LogP) is 9.90. The number of methoxy groups -OCH3 is 1. The van der Waals surface area contributed by atoms with E-state index in [0.717, 1.165) is 103 Å². The molecular weight excluding hydrogens is 634 g/mol. The first-order chi connectivity index (χ1) is 24.5. The molecule has 0 aromatic rings. The van der Waals surface area contributed by atoms with Gasteiger partial charge in [0, 0.05) is 26.5 Å². The van der Waals surface area contributed by atoms with Crippen molar-refractivity contribution in [2.45, 2.75) is 148 Å². The first-order valence-electron chi connectivity index (χ1n) is 19.5. The van der Waals surface area contributed by atoms with E-state index >= 15 is 0 Å². The van der Waals surface area contributed by atoms with Crippen molar-refractivity contribution in [2.24, 2.45) is 0 Å². The number of amides is 1. The summed E-state index contributed by atoms with van der Waals surface area (Å²) in [6.45, 7) is 5.49. The average molecular weight is 706 g/mol. The lowest BCUT2D eigenvalue weighted by Crippen LogP contribution is -2.34. The van der Waals surface area contributed by atoms with Crippen LogP contribution in [0.4, 0.5) is 4.79 Å². The Morgan fingerprint density at radius 3 is 1.62 bits per heavy atom. The van der Waals surface area contributed by atoms with E-state index in [0.29, 0.717) is 26.2 Å². The third-order valence-corrected chi connectivity index (χ3v) is 7.70. The Kier molecular flexibility index (Phi) is 36.6. The van der Waals surface area contributed by atoms with Crippen molar-refractivity contribution in [1.82, 2.24) is 5.32 Å². The zero-order valence-electron chi connectivity index (χ0n) is 31.8. The molecule has 288 valence electrons. The Balaban J connectivity index is 4.36. The highest BCUT2D eigenvalue weighted by molar-refractivity contribution is 5.70. The van der Waals surface area contributed by atoms with Crippen LogP contribution in [0.1, 0.15) is 142 Å². The fraction of sp³-hybridized carbons (Fsp3) is 0.732. The van der Waals surface area contributed by atoms with Crippen molar-refractivity contribution in [2.75, 3.05) is 46.7 Å². The van der Waals surface area contributed by atoms with Gasteiger partial charge in [0.25, 0.3) is 0 Å². The van der Waals surface area contributed by atoms with Crippen molar-refractivity contribution in [1.29, 1.82) is 0 Å². The number of rotatable bonds is 35. The summed E-state index contributed by atoms with van der Waals surface area (Å²) in [6, 6.07) is 0. The Morgan fingerprint density at radius 2 is 1.06 bits per heavy atom. The third kappa shape index (κ3) is 36.4. The number of carbonyl (C=O) groups is 3. The second-order valence-corrected chi connectivity index (χ2v) is 12.5. The fourth-order valence-electron chi connectivity index (χ4n) is 4.78. The molecule has 0 aromatic heterocycles. The third-order valence-electron chi connectivity index (χ3n) is 7.70. The molecule has 0 heterocycles. The second-order valence-electron chi connectivity index (χ2n) is 12.5. The molecule has 0 saturated carbocycles. The maximum Gasteiger partial charge on any atom is 0.407 e. The van der Waals surface area contributed by atoms with Gasteiger partial charge in [-0.1, -0.05) is 114 Å². The van der Waals surface area contributed by atoms with Crippen molar-refractivity contribution < 1.29 is 38.1 Å². The molecule has 9 heteroatoms. The average Bonchev–Trinajstić information content (AvgIpc) is 3.11. The Bertz CT molecular complexity index is 914. The van der Waals surface area contributed by atoms with Gasteiger partial charge in [0.15, 0.2) is 6.10 Å². The number of nitrogens with one attached hydrogen (secondary N) is 1. The van der Waals surface area contributed by atoms with Gasteiger partial charge in [0.2, 0.25) is 0 Å². The number of allylic oxidation sites excluding steroid dienone is 8. The smallest absolute Gasteiger partial charge is 0.407 e. The minimum Gasteiger partial charge on any atom is -0.462 e. The van der Waals surface area contributed by atoms with E-state index in [-0.39, 0.29) is 38.1 Å². The van der Waals surface area contributed by atoms with E-state index in [1.807, 2.05) is 0 Å². The monoisotopic (exact) mass is 706 g/mol. The van der Waals surface area contributed by atoms with Crippen molar-refractivity contribution in [3.05, 3.63) is 48.6 Å². The van der Waals surface area contributed by atoms with E-state index in [1.165, 1.54) is 12.8 Å². The molecule has 0 radical (unpaired) electrons. The van der Waals surface area contributed by atoms with Gasteiger partial charge in [0.05, 0.1) is 19.8 Å². The van der Waals surface area contributed by atoms with Crippen molar-refractivity contribution in [3.8, 4) is 0 Å². The molecule has 1 N–H and O–H groups in total. The molecule has 0 bridgehead atoms. The summed E-state index contributed by atoms with van der Waals surface area (Å²) in [4.78, 5) is 37.1. The van der Waals surface area contributed by atoms with E-state index in [9.17, 15) is 14.4 Å². The zero-order valence-corrected chi connectivity index (χ0v) is 31.8. The lowest BCUT2D eigenvalue weighted by atomic mass is 10.1. The summed E-state index contributed by atoms with van der Waals surface area (Å²) in [7, 11) is 1.59. The minimum absolute atomic E-state index is 0.153. The molecule has 0 aromatic carbocycles. The predicted molar refractivity (Wildman–Crippen MR) is 203 cm³/mol. The molecule has 0 aliphatic carbocycles. The number of esters is 2. The molecule has 0 aliphatic rings. The van der Waals surface area contributed by atoms with E-state index < -0.39 is 12.2 Å². The van der Waals surface area contributed by atoms with Crippen LogP contribution in [0.2, 0.25) is 0 Å². The van der Waals surface area contributed by atoms with Crippen LogP contribution in [0.25, 0.3) is 0 Å². The van der Waals surface area contributed by atoms with Crippen LogP contribution in [0, 0.1) is 0 Å². The summed E-state index contributed by atoms with van der Waals surface area (Å²) in [5.74, 6) is -0.728. The molecule has 0 aliphatic heterocycles. The first-order valence-corrected chi connectivity index (χ1v) is 19.5. The van der Waals surface area contributed by atoms with Crippen LogP contribution in [-0.4, -0.2) is 70.8 Å². The molecule has 1 amide bonds. The summed E-state index contributed by atoms with van der Waals surface area (Å²) in [5.41, 5.74) is 0. The molecule has 0 rings (SSSR count). The molecule has 1 atom stereocenters. The maximum atomic E-state index is 12.6. The SMILES string of the molecule is CCC/C=C\C/C=C\CCCCCCCC(=O)OCC(COC(=O)NCCOCCOC)OC(=O)CCCCCCC/C=C\C/C=C\CCC. The quantitative estimate of drug-likeness (QED) is 0.0300. The van der Waals surface area contributed by atoms with E-state index in [4.69, 9.17) is 23.7 Å². The number of ether oxygens (including phenoxy) is 5. The first kappa shape index (κ1) is 47.1. The summed E-state index contributed by atoms with van der Waals surface area (Å²) in [5, 5.41) is 2.59. The van der Waals surface area contributed by atoms with Crippen LogP contribution in [0.15, 0.2) is 48.6 Å². The molecular formula is C41H71NO8. The zero-order chi connectivity index (χ0) is 36.6. The normalized spacial score (nSPS) is 12.4. The van der Waals surface area contributed by atoms with Crippen LogP contribution < -0.4 is 5.32 Å². The van der Waals surface area contributed by atoms with Gasteiger partial charge in [-0.15, -0.1) is 0 Å². The Hall–Kier alpha value is -2.91. The number of unbranched alkanes of at least 4 members (excludes halogenated alkanes) is 12. The van der Waals surface area contributed by atoms with Gasteiger partial charge in [-0.2, -0.15) is 0 Å². The highest BCUT2D eigenvalue weighted by atomic mass is 16.6. The summed E-state index contributed by atoms with van der Waals surface area (Å²) in [6.07, 6.45) is 35.8. The van der Waals surface area contributed by atoms with E-state index in [1.54, 1.807) is 7.11 Å². The number of alkyl carbamates (subject to hydrolysis) is 1. The van der Waals surface area contributed by atoms with Gasteiger partial charge >= 0.3 is 18.0 Å². The topological polar surface area (TPSA) is 109 Å². The number of hydrogen-bond donors (Lipinski definition) is 1. The Labute approximate surface area is 304 Å². The molecule has 0 spiro atoms. The molecule has 1 unspecified atom stereocenters. The van der Waals surface area contributed by atoms with Crippen LogP contribution in [-0.2, 0) is 33.3 Å². The Morgan fingerprint density at radius 1 is 0.560 bits per heavy atom. The molecule has 50 heavy (non-hydrogen) atoms. The highest BCUT2D eigenvalue weighted by Gasteiger charge is 2.19. The summed E-state index contributed by atoms with van der Waals surface area (Å²) < 4.78 is 26.5. The number of carbonyl (C=O) groups excluding carboxylic acids is 3. The standard InChI is InChI=1S/C41H71NO8/c1-4-6-8-10-12-14-16-18-20-22-24-26-28-30-39(43)48-36-38(37-49-41(45)42-32-33-47-35-34-46-3)50-40(44)31-29-27-25-23-21-19-17-15-13-11-9-7-5-2/h8-11,14-17,38H,4-7,12-13,18-37H2,1-3H3,(H,42,45)/b10-8-,11-9-,16-14-,17-15-. The number of hydrogen-bond acceptors (Lipinski definition) is 8. The highest BCUT2D eigenvalue weighted by Crippen LogP contribution is 2.11. The second kappa shape index (κ2) is 38.9. The van der Waals surface area contributed by atoms with Gasteiger partial charge in [-0.05, 0) is 64.2 Å². The lowest BCUT2D eigenvalue weighted by molar-refractivity contribution is -0.161. The van der Waals surface area contributed by atoms with Crippen LogP contribution >= 0.6 is 0 Å². The van der Waals surface area contributed by atoms with Crippen molar-refractivity contribution >= 4 is 18.0 Å². The van der Waals surface area contributed by atoms with Crippen LogP contribution in [0.5, 0.6) is 0 Å². The van der Waals surface area contributed by atoms with Gasteiger partial charge < -0.3 is 29.0 Å². The van der Waals surface area contributed by atoms with E-state index in [2.05, 4.69) is 67.8 Å². The van der Waals surface area contributed by atoms with Gasteiger partial charge in [-0.3, -0.25) is 9.59 Å². The molecule has 0 saturated heterocycles. The van der Waals surface area contributed by atoms with Gasteiger partial charge in [-0.25, -0.2) is 4.79 Å². The lowest BCUT2D eigenvalue weighted by Gasteiger charge is -2.18. The largest absolute Gasteiger partial charge is 0.462 e. The van der Waals surface area contributed by atoms with Crippen LogP contribution in [0.3, 0.4) is 0 Å². The van der Waals surface area contributed by atoms with Crippen molar-refractivity contribution in [3.63, 3.8) is 0 Å². The van der Waals surface area contributed by atoms with Gasteiger partial charge in [0.1, 0.15) is 13.2 Å². The summed E-state index contributed by atoms with van der Waals surface area (Å²) >= 11 is 0. The molecule has 9 nitrogen and oxygen atoms in total. The maximum absolute atomic E-state index is 12.6. The minimum atomic E-state index is -0.867. The fourth-order valence-corrected chi connectivity index (χ4v) is 4.78. The molecule has 0 fully saturated rings.